The third-order valence-corrected chi connectivity index (χ3v) is 11.3. The molecule has 12 rings (SSSR count). The highest BCUT2D eigenvalue weighted by atomic mass is 16.3. The first-order chi connectivity index (χ1) is 28.7. The standard InChI is InChI=1S/C52H32N4O2/c1-3-13-32(14-4-1)48-38-29-30-39-45-35(19-11-24-44(45)58-49(39)47(38)36-17-7-9-21-41(36)53-48)31-25-27-34(28-26-31)51-54-50(33-15-5-2-6-16-33)55-52(56-51)40-20-12-23-43-46(40)37-18-8-10-22-42(37)57-43/h1-30,51H,(H,54,55,56). The van der Waals surface area contributed by atoms with Crippen molar-refractivity contribution < 1.29 is 8.83 Å². The van der Waals surface area contributed by atoms with Crippen molar-refractivity contribution in [1.29, 1.82) is 0 Å². The van der Waals surface area contributed by atoms with Gasteiger partial charge in [-0.3, -0.25) is 0 Å². The summed E-state index contributed by atoms with van der Waals surface area (Å²) in [6.07, 6.45) is -0.372. The van der Waals surface area contributed by atoms with Crippen LogP contribution in [0.2, 0.25) is 0 Å². The fourth-order valence-corrected chi connectivity index (χ4v) is 8.66. The first kappa shape index (κ1) is 32.4. The van der Waals surface area contributed by atoms with E-state index in [-0.39, 0.29) is 6.17 Å². The Labute approximate surface area is 332 Å². The van der Waals surface area contributed by atoms with Crippen molar-refractivity contribution in [3.8, 4) is 22.4 Å². The quantitative estimate of drug-likeness (QED) is 0.178. The van der Waals surface area contributed by atoms with Crippen molar-refractivity contribution in [1.82, 2.24) is 10.3 Å². The summed E-state index contributed by atoms with van der Waals surface area (Å²) < 4.78 is 13.1. The van der Waals surface area contributed by atoms with Gasteiger partial charge in [-0.25, -0.2) is 15.0 Å². The van der Waals surface area contributed by atoms with E-state index in [1.807, 2.05) is 60.7 Å². The number of rotatable bonds is 5. The first-order valence-corrected chi connectivity index (χ1v) is 19.5. The molecular weight excluding hydrogens is 713 g/mol. The van der Waals surface area contributed by atoms with E-state index >= 15 is 0 Å². The van der Waals surface area contributed by atoms with Crippen LogP contribution in [0.3, 0.4) is 0 Å². The molecule has 0 aliphatic carbocycles. The Kier molecular flexibility index (Phi) is 7.19. The Morgan fingerprint density at radius 1 is 0.431 bits per heavy atom. The summed E-state index contributed by atoms with van der Waals surface area (Å²) in [5.74, 6) is 1.42. The Bertz CT molecular complexity index is 3470. The molecule has 272 valence electrons. The third kappa shape index (κ3) is 5.09. The normalized spacial score (nSPS) is 14.4. The smallest absolute Gasteiger partial charge is 0.160 e. The lowest BCUT2D eigenvalue weighted by atomic mass is 9.95. The van der Waals surface area contributed by atoms with Crippen molar-refractivity contribution in [2.24, 2.45) is 9.98 Å². The highest BCUT2D eigenvalue weighted by molar-refractivity contribution is 6.26. The van der Waals surface area contributed by atoms with Crippen LogP contribution in [-0.2, 0) is 0 Å². The average Bonchev–Trinajstić information content (AvgIpc) is 3.88. The fraction of sp³-hybridized carbons (Fsp3) is 0.0192. The molecule has 0 radical (unpaired) electrons. The molecule has 0 bridgehead atoms. The second kappa shape index (κ2) is 12.9. The maximum atomic E-state index is 6.83. The van der Waals surface area contributed by atoms with E-state index in [4.69, 9.17) is 23.8 Å². The summed E-state index contributed by atoms with van der Waals surface area (Å²) in [6, 6.07) is 62.6. The topological polar surface area (TPSA) is 75.9 Å². The fourth-order valence-electron chi connectivity index (χ4n) is 8.66. The number of para-hydroxylation sites is 2. The van der Waals surface area contributed by atoms with Gasteiger partial charge in [0.1, 0.15) is 34.3 Å². The summed E-state index contributed by atoms with van der Waals surface area (Å²) >= 11 is 0. The van der Waals surface area contributed by atoms with Crippen LogP contribution in [0, 0.1) is 0 Å². The van der Waals surface area contributed by atoms with Crippen molar-refractivity contribution in [2.75, 3.05) is 0 Å². The molecule has 8 aromatic carbocycles. The zero-order valence-electron chi connectivity index (χ0n) is 31.1. The van der Waals surface area contributed by atoms with E-state index in [9.17, 15) is 0 Å². The van der Waals surface area contributed by atoms with Gasteiger partial charge in [0.05, 0.1) is 11.2 Å². The Balaban J connectivity index is 0.986. The van der Waals surface area contributed by atoms with E-state index in [1.165, 1.54) is 0 Å². The lowest BCUT2D eigenvalue weighted by Gasteiger charge is -2.24. The predicted octanol–water partition coefficient (Wildman–Crippen LogP) is 13.0. The molecule has 0 fully saturated rings. The number of benzene rings is 8. The molecule has 1 aliphatic rings. The number of pyridine rings is 1. The predicted molar refractivity (Wildman–Crippen MR) is 237 cm³/mol. The van der Waals surface area contributed by atoms with Crippen LogP contribution in [0.1, 0.15) is 22.9 Å². The van der Waals surface area contributed by atoms with Gasteiger partial charge in [0, 0.05) is 54.4 Å². The average molecular weight is 745 g/mol. The molecular formula is C52H32N4O2. The van der Waals surface area contributed by atoms with Crippen LogP contribution in [0.5, 0.6) is 0 Å². The minimum atomic E-state index is -0.372. The number of aromatic nitrogens is 1. The second-order valence-electron chi connectivity index (χ2n) is 14.7. The molecule has 0 amide bonds. The van der Waals surface area contributed by atoms with Crippen molar-refractivity contribution in [2.45, 2.75) is 6.17 Å². The van der Waals surface area contributed by atoms with E-state index in [0.29, 0.717) is 5.84 Å². The van der Waals surface area contributed by atoms with Gasteiger partial charge >= 0.3 is 0 Å². The van der Waals surface area contributed by atoms with Gasteiger partial charge in [-0.1, -0.05) is 152 Å². The monoisotopic (exact) mass is 744 g/mol. The van der Waals surface area contributed by atoms with Gasteiger partial charge in [0.15, 0.2) is 5.84 Å². The lowest BCUT2D eigenvalue weighted by Crippen LogP contribution is -2.33. The van der Waals surface area contributed by atoms with Crippen molar-refractivity contribution in [3.05, 3.63) is 199 Å². The third-order valence-electron chi connectivity index (χ3n) is 11.3. The molecule has 6 nitrogen and oxygen atoms in total. The van der Waals surface area contributed by atoms with Gasteiger partial charge in [-0.15, -0.1) is 0 Å². The number of aliphatic imine (C=N–C) groups is 2. The first-order valence-electron chi connectivity index (χ1n) is 19.5. The largest absolute Gasteiger partial charge is 0.456 e. The molecule has 1 unspecified atom stereocenters. The van der Waals surface area contributed by atoms with E-state index in [0.717, 1.165) is 110 Å². The van der Waals surface area contributed by atoms with Gasteiger partial charge in [-0.05, 0) is 47.0 Å². The summed E-state index contributed by atoms with van der Waals surface area (Å²) in [5.41, 5.74) is 11.5. The van der Waals surface area contributed by atoms with Crippen LogP contribution < -0.4 is 5.32 Å². The van der Waals surface area contributed by atoms with E-state index < -0.39 is 0 Å². The number of amidine groups is 2. The van der Waals surface area contributed by atoms with Crippen LogP contribution in [0.15, 0.2) is 201 Å². The van der Waals surface area contributed by atoms with Crippen LogP contribution >= 0.6 is 0 Å². The van der Waals surface area contributed by atoms with E-state index in [2.05, 4.69) is 127 Å². The SMILES string of the molecule is c1ccc(C2=NC(c3cccc4oc5ccccc5c34)=NC(c3ccc(-c4cccc5oc6c(ccc7c(-c8ccccc8)nc8ccccc8c76)c45)cc3)N2)cc1. The summed E-state index contributed by atoms with van der Waals surface area (Å²) in [4.78, 5) is 15.5. The lowest BCUT2D eigenvalue weighted by molar-refractivity contribution is 0.668. The van der Waals surface area contributed by atoms with Crippen LogP contribution in [0.4, 0.5) is 0 Å². The molecule has 0 saturated carbocycles. The molecule has 6 heteroatoms. The number of furan rings is 2. The molecule has 58 heavy (non-hydrogen) atoms. The van der Waals surface area contributed by atoms with Gasteiger partial charge in [-0.2, -0.15) is 0 Å². The van der Waals surface area contributed by atoms with Gasteiger partial charge in [0.2, 0.25) is 0 Å². The minimum absolute atomic E-state index is 0.372. The number of nitrogens with one attached hydrogen (secondary N) is 1. The molecule has 0 saturated heterocycles. The van der Waals surface area contributed by atoms with Gasteiger partial charge < -0.3 is 14.2 Å². The zero-order chi connectivity index (χ0) is 38.2. The molecule has 11 aromatic rings. The Morgan fingerprint density at radius 2 is 1.07 bits per heavy atom. The molecule has 1 N–H and O–H groups in total. The Hall–Kier alpha value is -7.83. The molecule has 1 atom stereocenters. The molecule has 0 spiro atoms. The summed E-state index contributed by atoms with van der Waals surface area (Å²) in [6.45, 7) is 0. The zero-order valence-corrected chi connectivity index (χ0v) is 31.1. The number of fused-ring (bicyclic) bond motifs is 10. The van der Waals surface area contributed by atoms with Crippen molar-refractivity contribution in [3.63, 3.8) is 0 Å². The maximum absolute atomic E-state index is 6.83. The number of nitrogens with zero attached hydrogens (tertiary/aromatic N) is 3. The maximum Gasteiger partial charge on any atom is 0.160 e. The highest BCUT2D eigenvalue weighted by Crippen LogP contribution is 2.43. The Morgan fingerprint density at radius 3 is 1.88 bits per heavy atom. The van der Waals surface area contributed by atoms with Crippen LogP contribution in [-0.4, -0.2) is 16.7 Å². The molecule has 4 heterocycles. The minimum Gasteiger partial charge on any atom is -0.456 e. The van der Waals surface area contributed by atoms with E-state index in [1.54, 1.807) is 0 Å². The number of hydrogen-bond acceptors (Lipinski definition) is 6. The molecule has 3 aromatic heterocycles. The molecule has 1 aliphatic heterocycles. The van der Waals surface area contributed by atoms with Crippen molar-refractivity contribution >= 4 is 77.2 Å². The van der Waals surface area contributed by atoms with Gasteiger partial charge in [0.25, 0.3) is 0 Å². The van der Waals surface area contributed by atoms with Crippen LogP contribution in [0.25, 0.3) is 87.9 Å². The summed E-state index contributed by atoms with van der Waals surface area (Å²) in [7, 11) is 0. The second-order valence-corrected chi connectivity index (χ2v) is 14.7. The number of hydrogen-bond donors (Lipinski definition) is 1. The highest BCUT2D eigenvalue weighted by Gasteiger charge is 2.24. The summed E-state index contributed by atoms with van der Waals surface area (Å²) in [5, 5.41) is 11.1.